The highest BCUT2D eigenvalue weighted by Crippen LogP contribution is 2.35. The van der Waals surface area contributed by atoms with E-state index >= 15 is 0 Å². The first-order valence-electron chi connectivity index (χ1n) is 14.5. The zero-order valence-corrected chi connectivity index (χ0v) is 25.0. The number of ether oxygens (including phenoxy) is 3. The quantitative estimate of drug-likeness (QED) is 0.354. The second-order valence-electron chi connectivity index (χ2n) is 11.1. The van der Waals surface area contributed by atoms with Gasteiger partial charge < -0.3 is 24.4 Å². The van der Waals surface area contributed by atoms with Crippen molar-refractivity contribution >= 4 is 11.8 Å². The molecule has 13 heteroatoms. The van der Waals surface area contributed by atoms with E-state index in [4.69, 9.17) is 14.2 Å². The monoisotopic (exact) mass is 600 g/mol. The normalized spacial score (nSPS) is 19.6. The highest BCUT2D eigenvalue weighted by atomic mass is 16.5. The van der Waals surface area contributed by atoms with E-state index in [0.717, 1.165) is 22.6 Å². The molecule has 0 radical (unpaired) electrons. The van der Waals surface area contributed by atoms with Crippen LogP contribution in [0.25, 0.3) is 11.3 Å². The Morgan fingerprint density at radius 1 is 1.07 bits per heavy atom. The zero-order chi connectivity index (χ0) is 30.6. The van der Waals surface area contributed by atoms with Gasteiger partial charge >= 0.3 is 0 Å². The summed E-state index contributed by atoms with van der Waals surface area (Å²) in [5.41, 5.74) is 4.01. The predicted molar refractivity (Wildman–Crippen MR) is 160 cm³/mol. The lowest BCUT2D eigenvalue weighted by Gasteiger charge is -2.21. The van der Waals surface area contributed by atoms with E-state index < -0.39 is 0 Å². The molecule has 2 aromatic heterocycles. The molecule has 2 aliphatic rings. The topological polar surface area (TPSA) is 140 Å². The molecule has 4 heterocycles. The van der Waals surface area contributed by atoms with Gasteiger partial charge in [0.25, 0.3) is 5.91 Å². The van der Waals surface area contributed by atoms with Crippen LogP contribution < -0.4 is 19.5 Å². The first kappa shape index (κ1) is 29.2. The number of rotatable bonds is 5. The van der Waals surface area contributed by atoms with Crippen LogP contribution >= 0.6 is 0 Å². The molecule has 2 aliphatic heterocycles. The Kier molecular flexibility index (Phi) is 8.46. The lowest BCUT2D eigenvalue weighted by Crippen LogP contribution is -2.37. The number of H-pyrrole nitrogens is 1. The summed E-state index contributed by atoms with van der Waals surface area (Å²) in [5.74, 6) is 1.28. The molecule has 2 atom stereocenters. The molecule has 0 spiro atoms. The fourth-order valence-corrected chi connectivity index (χ4v) is 5.91. The maximum absolute atomic E-state index is 13.3. The van der Waals surface area contributed by atoms with Crippen molar-refractivity contribution in [3.63, 3.8) is 0 Å². The third kappa shape index (κ3) is 6.09. The van der Waals surface area contributed by atoms with Gasteiger partial charge in [0, 0.05) is 63.2 Å². The van der Waals surface area contributed by atoms with Gasteiger partial charge in [-0.2, -0.15) is 5.10 Å². The van der Waals surface area contributed by atoms with E-state index in [-0.39, 0.29) is 30.4 Å². The largest absolute Gasteiger partial charge is 0.497 e. The first-order chi connectivity index (χ1) is 21.4. The summed E-state index contributed by atoms with van der Waals surface area (Å²) in [6, 6.07) is 13.0. The fourth-order valence-electron chi connectivity index (χ4n) is 5.91. The van der Waals surface area contributed by atoms with Crippen LogP contribution in [0.1, 0.15) is 34.1 Å². The molecule has 2 amide bonds. The van der Waals surface area contributed by atoms with Crippen molar-refractivity contribution in [1.82, 2.24) is 40.3 Å². The summed E-state index contributed by atoms with van der Waals surface area (Å²) in [4.78, 5) is 30.3. The Labute approximate surface area is 255 Å². The van der Waals surface area contributed by atoms with Crippen molar-refractivity contribution in [2.75, 3.05) is 47.4 Å². The molecular weight excluding hydrogens is 564 g/mol. The molecule has 4 aromatic rings. The van der Waals surface area contributed by atoms with Gasteiger partial charge in [-0.3, -0.25) is 19.6 Å². The molecule has 0 unspecified atom stereocenters. The summed E-state index contributed by atoms with van der Waals surface area (Å²) in [6.45, 7) is 2.81. The second-order valence-corrected chi connectivity index (χ2v) is 11.1. The van der Waals surface area contributed by atoms with Crippen LogP contribution in [0.4, 0.5) is 0 Å². The number of fused-ring (bicyclic) bond motifs is 5. The Morgan fingerprint density at radius 2 is 1.91 bits per heavy atom. The third-order valence-corrected chi connectivity index (χ3v) is 8.23. The first-order valence-corrected chi connectivity index (χ1v) is 14.5. The molecule has 13 nitrogen and oxygen atoms in total. The minimum atomic E-state index is -0.233. The number of hydrogen-bond acceptors (Lipinski definition) is 9. The van der Waals surface area contributed by atoms with E-state index in [1.165, 1.54) is 7.11 Å². The van der Waals surface area contributed by atoms with Gasteiger partial charge in [0.1, 0.15) is 18.1 Å². The predicted octanol–water partition coefficient (Wildman–Crippen LogP) is 2.53. The molecule has 2 aromatic carbocycles. The van der Waals surface area contributed by atoms with Gasteiger partial charge in [-0.15, -0.1) is 5.10 Å². The van der Waals surface area contributed by atoms with Gasteiger partial charge in [-0.05, 0) is 36.4 Å². The number of likely N-dealkylation sites (tertiary alicyclic amines) is 1. The number of hydrogen-bond donors (Lipinski definition) is 2. The van der Waals surface area contributed by atoms with Gasteiger partial charge in [-0.1, -0.05) is 11.3 Å². The van der Waals surface area contributed by atoms with Gasteiger partial charge in [0.15, 0.2) is 11.5 Å². The van der Waals surface area contributed by atoms with E-state index in [9.17, 15) is 9.59 Å². The van der Waals surface area contributed by atoms with Crippen molar-refractivity contribution in [2.24, 2.45) is 5.92 Å². The average Bonchev–Trinajstić information content (AvgIpc) is 3.79. The van der Waals surface area contributed by atoms with E-state index in [0.29, 0.717) is 61.9 Å². The van der Waals surface area contributed by atoms with Crippen molar-refractivity contribution in [3.8, 4) is 28.5 Å². The lowest BCUT2D eigenvalue weighted by atomic mass is 9.99. The van der Waals surface area contributed by atoms with Crippen molar-refractivity contribution in [1.29, 1.82) is 0 Å². The Morgan fingerprint density at radius 3 is 2.70 bits per heavy atom. The number of likely N-dealkylation sites (N-methyl/N-ethyl adjacent to an activating group) is 1. The minimum Gasteiger partial charge on any atom is -0.497 e. The molecule has 2 bridgehead atoms. The second kappa shape index (κ2) is 12.8. The summed E-state index contributed by atoms with van der Waals surface area (Å²) < 4.78 is 18.8. The molecule has 0 saturated carbocycles. The molecule has 1 saturated heterocycles. The number of nitrogens with zero attached hydrogens (tertiary/aromatic N) is 6. The van der Waals surface area contributed by atoms with Crippen molar-refractivity contribution in [3.05, 3.63) is 71.7 Å². The fraction of sp³-hybridized carbons (Fsp3) is 0.387. The third-order valence-electron chi connectivity index (χ3n) is 8.23. The molecule has 2 N–H and O–H groups in total. The van der Waals surface area contributed by atoms with Crippen LogP contribution in [0.3, 0.4) is 0 Å². The maximum Gasteiger partial charge on any atom is 0.257 e. The number of methoxy groups -OCH3 is 2. The molecule has 230 valence electrons. The molecule has 44 heavy (non-hydrogen) atoms. The maximum atomic E-state index is 13.3. The van der Waals surface area contributed by atoms with E-state index in [2.05, 4.69) is 30.7 Å². The number of carbonyl (C=O) groups excluding carboxylic acids is 2. The van der Waals surface area contributed by atoms with Crippen molar-refractivity contribution < 1.29 is 23.8 Å². The highest BCUT2D eigenvalue weighted by Gasteiger charge is 2.37. The van der Waals surface area contributed by atoms with Crippen LogP contribution in [0.2, 0.25) is 0 Å². The highest BCUT2D eigenvalue weighted by molar-refractivity contribution is 5.97. The SMILES string of the molecule is COc1ccc(-c2[nH]ncc2CN2C[C@@H]3CC(=O)NCCN(C)C(=O)c4cccc(OC)c4OCc4cn(nn4)[C@@H]3C2)cc1. The molecular formula is C31H36N8O5. The summed E-state index contributed by atoms with van der Waals surface area (Å²) >= 11 is 0. The van der Waals surface area contributed by atoms with Crippen molar-refractivity contribution in [2.45, 2.75) is 25.6 Å². The smallest absolute Gasteiger partial charge is 0.257 e. The summed E-state index contributed by atoms with van der Waals surface area (Å²) in [6.07, 6.45) is 4.03. The number of carbonyl (C=O) groups is 2. The van der Waals surface area contributed by atoms with E-state index in [1.54, 1.807) is 37.3 Å². The molecule has 0 aliphatic carbocycles. The number of nitrogens with one attached hydrogen (secondary N) is 2. The zero-order valence-electron chi connectivity index (χ0n) is 25.0. The Hall–Kier alpha value is -4.91. The average molecular weight is 601 g/mol. The van der Waals surface area contributed by atoms with Gasteiger partial charge in [0.2, 0.25) is 5.91 Å². The number of para-hydroxylation sites is 1. The van der Waals surface area contributed by atoms with Crippen LogP contribution in [0, 0.1) is 5.92 Å². The van der Waals surface area contributed by atoms with Crippen LogP contribution in [0.5, 0.6) is 17.2 Å². The summed E-state index contributed by atoms with van der Waals surface area (Å²) in [5, 5.41) is 19.3. The van der Waals surface area contributed by atoms with Gasteiger partial charge in [0.05, 0.1) is 43.9 Å². The minimum absolute atomic E-state index is 0.00473. The van der Waals surface area contributed by atoms with Crippen LogP contribution in [0.15, 0.2) is 54.9 Å². The number of aromatic amines is 1. The van der Waals surface area contributed by atoms with Crippen LogP contribution in [-0.2, 0) is 17.9 Å². The number of amides is 2. The molecule has 1 fully saturated rings. The van der Waals surface area contributed by atoms with E-state index in [1.807, 2.05) is 41.3 Å². The Bertz CT molecular complexity index is 1620. The lowest BCUT2D eigenvalue weighted by molar-refractivity contribution is -0.122. The Balaban J connectivity index is 1.24. The van der Waals surface area contributed by atoms with Crippen LogP contribution in [-0.4, -0.2) is 94.3 Å². The number of benzene rings is 2. The number of aromatic nitrogens is 5. The summed E-state index contributed by atoms with van der Waals surface area (Å²) in [7, 11) is 4.88. The standard InChI is InChI=1S/C31H36N8O5/c1-37-12-11-32-28(40)13-21-15-38(16-22-14-33-35-29(22)20-7-9-24(42-2)10-8-20)18-26(21)39-17-23(34-36-39)19-44-30-25(31(37)41)5-4-6-27(30)43-3/h4-10,14,17,21,26H,11-13,15-16,18-19H2,1-3H3,(H,32,40)(H,33,35)/t21-,26+/m0/s1. The molecule has 6 rings (SSSR count). The van der Waals surface area contributed by atoms with Gasteiger partial charge in [-0.25, -0.2) is 4.68 Å².